The van der Waals surface area contributed by atoms with Crippen LogP contribution in [-0.2, 0) is 9.59 Å². The van der Waals surface area contributed by atoms with Crippen molar-refractivity contribution >= 4 is 17.6 Å². The van der Waals surface area contributed by atoms with Gasteiger partial charge in [0.2, 0.25) is 11.8 Å². The zero-order valence-corrected chi connectivity index (χ0v) is 11.9. The van der Waals surface area contributed by atoms with Gasteiger partial charge in [-0.2, -0.15) is 0 Å². The Balaban J connectivity index is 2.17. The number of carbonyl (C=O) groups is 2. The van der Waals surface area contributed by atoms with Gasteiger partial charge in [-0.1, -0.05) is 13.8 Å². The standard InChI is InChI=1S/C13H22N4O3/c1-8(2)11(20)17-5-3-4-13(17)7-16(12(13)15)9(6-18)10(14)19/h8-9,15,18H,3-7H2,1-2H3,(H2,14,19)/t9-,13?/m0/s1. The third-order valence-corrected chi connectivity index (χ3v) is 4.29. The van der Waals surface area contributed by atoms with Gasteiger partial charge in [0.05, 0.1) is 13.2 Å². The van der Waals surface area contributed by atoms with Crippen LogP contribution in [-0.4, -0.2) is 63.8 Å². The molecule has 7 nitrogen and oxygen atoms in total. The molecule has 1 unspecified atom stereocenters. The van der Waals surface area contributed by atoms with Crippen LogP contribution in [0.15, 0.2) is 0 Å². The lowest BCUT2D eigenvalue weighted by atomic mass is 9.83. The number of carbonyl (C=O) groups excluding carboxylic acids is 2. The molecule has 7 heteroatoms. The van der Waals surface area contributed by atoms with E-state index >= 15 is 0 Å². The normalized spacial score (nSPS) is 27.1. The second-order valence-electron chi connectivity index (χ2n) is 5.86. The van der Waals surface area contributed by atoms with E-state index in [0.29, 0.717) is 13.1 Å². The number of primary amides is 1. The van der Waals surface area contributed by atoms with E-state index in [1.54, 1.807) is 4.90 Å². The molecule has 0 aliphatic carbocycles. The smallest absolute Gasteiger partial charge is 0.242 e. The Hall–Kier alpha value is -1.63. The number of aliphatic hydroxyl groups excluding tert-OH is 1. The number of hydrogen-bond acceptors (Lipinski definition) is 4. The summed E-state index contributed by atoms with van der Waals surface area (Å²) in [6.45, 7) is 4.32. The van der Waals surface area contributed by atoms with Crippen molar-refractivity contribution in [3.05, 3.63) is 0 Å². The highest BCUT2D eigenvalue weighted by molar-refractivity contribution is 6.02. The summed E-state index contributed by atoms with van der Waals surface area (Å²) in [5.41, 5.74) is 4.64. The van der Waals surface area contributed by atoms with Gasteiger partial charge in [-0.05, 0) is 12.8 Å². The molecule has 0 aromatic heterocycles. The second kappa shape index (κ2) is 5.05. The lowest BCUT2D eigenvalue weighted by Gasteiger charge is -2.55. The first-order chi connectivity index (χ1) is 9.35. The Morgan fingerprint density at radius 1 is 1.50 bits per heavy atom. The molecule has 2 atom stereocenters. The van der Waals surface area contributed by atoms with Gasteiger partial charge in [-0.25, -0.2) is 0 Å². The Kier molecular flexibility index (Phi) is 3.73. The van der Waals surface area contributed by atoms with Crippen LogP contribution < -0.4 is 5.73 Å². The summed E-state index contributed by atoms with van der Waals surface area (Å²) < 4.78 is 0. The highest BCUT2D eigenvalue weighted by Gasteiger charge is 2.58. The monoisotopic (exact) mass is 282 g/mol. The quantitative estimate of drug-likeness (QED) is 0.623. The molecule has 2 saturated heterocycles. The summed E-state index contributed by atoms with van der Waals surface area (Å²) in [5.74, 6) is -0.503. The molecule has 0 bridgehead atoms. The minimum atomic E-state index is -0.871. The fourth-order valence-corrected chi connectivity index (χ4v) is 3.14. The molecule has 4 N–H and O–H groups in total. The largest absolute Gasteiger partial charge is 0.394 e. The summed E-state index contributed by atoms with van der Waals surface area (Å²) in [4.78, 5) is 26.8. The van der Waals surface area contributed by atoms with Crippen LogP contribution in [0.4, 0.5) is 0 Å². The van der Waals surface area contributed by atoms with Crippen molar-refractivity contribution in [1.29, 1.82) is 5.41 Å². The van der Waals surface area contributed by atoms with Gasteiger partial charge in [-0.3, -0.25) is 15.0 Å². The van der Waals surface area contributed by atoms with Gasteiger partial charge in [-0.15, -0.1) is 0 Å². The van der Waals surface area contributed by atoms with Crippen LogP contribution in [0.25, 0.3) is 0 Å². The number of hydrogen-bond donors (Lipinski definition) is 3. The Morgan fingerprint density at radius 3 is 2.60 bits per heavy atom. The molecule has 0 aromatic carbocycles. The molecule has 2 aliphatic rings. The lowest BCUT2D eigenvalue weighted by molar-refractivity contribution is -0.139. The molecule has 2 rings (SSSR count). The fraction of sp³-hybridized carbons (Fsp3) is 0.769. The average molecular weight is 282 g/mol. The summed E-state index contributed by atoms with van der Waals surface area (Å²) in [6, 6.07) is -0.871. The predicted octanol–water partition coefficient (Wildman–Crippen LogP) is -0.857. The maximum atomic E-state index is 12.2. The van der Waals surface area contributed by atoms with Crippen molar-refractivity contribution < 1.29 is 14.7 Å². The second-order valence-corrected chi connectivity index (χ2v) is 5.86. The van der Waals surface area contributed by atoms with Gasteiger partial charge >= 0.3 is 0 Å². The maximum absolute atomic E-state index is 12.2. The summed E-state index contributed by atoms with van der Waals surface area (Å²) in [5, 5.41) is 17.5. The molecule has 0 saturated carbocycles. The number of amidine groups is 1. The van der Waals surface area contributed by atoms with Crippen LogP contribution in [0.3, 0.4) is 0 Å². The Bertz CT molecular complexity index is 451. The minimum Gasteiger partial charge on any atom is -0.394 e. The van der Waals surface area contributed by atoms with Crippen LogP contribution in [0.1, 0.15) is 26.7 Å². The number of likely N-dealkylation sites (tertiary alicyclic amines) is 2. The third kappa shape index (κ3) is 1.96. The third-order valence-electron chi connectivity index (χ3n) is 4.29. The maximum Gasteiger partial charge on any atom is 0.242 e. The molecule has 2 heterocycles. The van der Waals surface area contributed by atoms with E-state index < -0.39 is 24.1 Å². The lowest BCUT2D eigenvalue weighted by Crippen LogP contribution is -2.76. The molecule has 20 heavy (non-hydrogen) atoms. The van der Waals surface area contributed by atoms with Crippen molar-refractivity contribution in [2.75, 3.05) is 19.7 Å². The number of nitrogens with zero attached hydrogens (tertiary/aromatic N) is 2. The van der Waals surface area contributed by atoms with Crippen LogP contribution in [0, 0.1) is 11.3 Å². The number of nitrogens with one attached hydrogen (secondary N) is 1. The minimum absolute atomic E-state index is 0.0338. The topological polar surface area (TPSA) is 111 Å². The number of amides is 2. The average Bonchev–Trinajstić information content (AvgIpc) is 2.83. The fourth-order valence-electron chi connectivity index (χ4n) is 3.14. The van der Waals surface area contributed by atoms with Gasteiger partial charge in [0.15, 0.2) is 0 Å². The van der Waals surface area contributed by atoms with E-state index in [4.69, 9.17) is 11.1 Å². The molecule has 2 amide bonds. The molecule has 2 aliphatic heterocycles. The van der Waals surface area contributed by atoms with Crippen molar-refractivity contribution in [1.82, 2.24) is 9.80 Å². The van der Waals surface area contributed by atoms with E-state index in [2.05, 4.69) is 0 Å². The molecular weight excluding hydrogens is 260 g/mol. The van der Waals surface area contributed by atoms with E-state index in [0.717, 1.165) is 12.8 Å². The first-order valence-electron chi connectivity index (χ1n) is 6.92. The molecule has 0 radical (unpaired) electrons. The van der Waals surface area contributed by atoms with Crippen molar-refractivity contribution in [2.24, 2.45) is 11.7 Å². The predicted molar refractivity (Wildman–Crippen MR) is 73.0 cm³/mol. The van der Waals surface area contributed by atoms with Crippen LogP contribution in [0.5, 0.6) is 0 Å². The summed E-state index contributed by atoms with van der Waals surface area (Å²) in [7, 11) is 0. The first kappa shape index (κ1) is 14.8. The Morgan fingerprint density at radius 2 is 2.15 bits per heavy atom. The van der Waals surface area contributed by atoms with Gasteiger partial charge < -0.3 is 20.6 Å². The van der Waals surface area contributed by atoms with Crippen molar-refractivity contribution in [3.8, 4) is 0 Å². The zero-order chi connectivity index (χ0) is 15.1. The zero-order valence-electron chi connectivity index (χ0n) is 11.9. The molecular formula is C13H22N4O3. The van der Waals surface area contributed by atoms with Gasteiger partial charge in [0, 0.05) is 12.5 Å². The van der Waals surface area contributed by atoms with E-state index in [-0.39, 0.29) is 17.7 Å². The molecule has 112 valence electrons. The number of aliphatic hydroxyl groups is 1. The summed E-state index contributed by atoms with van der Waals surface area (Å²) >= 11 is 0. The van der Waals surface area contributed by atoms with E-state index in [1.165, 1.54) is 4.90 Å². The number of nitrogens with two attached hydrogens (primary N) is 1. The molecule has 0 aromatic rings. The Labute approximate surface area is 118 Å². The molecule has 1 spiro atoms. The molecule has 2 fully saturated rings. The van der Waals surface area contributed by atoms with Gasteiger partial charge in [0.25, 0.3) is 0 Å². The first-order valence-corrected chi connectivity index (χ1v) is 6.92. The summed E-state index contributed by atoms with van der Waals surface area (Å²) in [6.07, 6.45) is 1.59. The van der Waals surface area contributed by atoms with Crippen LogP contribution in [0.2, 0.25) is 0 Å². The number of rotatable bonds is 4. The van der Waals surface area contributed by atoms with Crippen molar-refractivity contribution in [2.45, 2.75) is 38.3 Å². The van der Waals surface area contributed by atoms with E-state index in [1.807, 2.05) is 13.8 Å². The highest BCUT2D eigenvalue weighted by Crippen LogP contribution is 2.40. The SMILES string of the molecule is CC(C)C(=O)N1CCCC12CN([C@@H](CO)C(N)=O)C2=N. The van der Waals surface area contributed by atoms with Gasteiger partial charge in [0.1, 0.15) is 17.4 Å². The highest BCUT2D eigenvalue weighted by atomic mass is 16.3. The van der Waals surface area contributed by atoms with Crippen LogP contribution >= 0.6 is 0 Å². The van der Waals surface area contributed by atoms with E-state index in [9.17, 15) is 14.7 Å². The van der Waals surface area contributed by atoms with Crippen molar-refractivity contribution in [3.63, 3.8) is 0 Å².